The number of alkyl halides is 6. The van der Waals surface area contributed by atoms with Crippen molar-refractivity contribution in [1.29, 1.82) is 0 Å². The van der Waals surface area contributed by atoms with E-state index in [1.54, 1.807) is 12.4 Å². The molecule has 4 rings (SSSR count). The van der Waals surface area contributed by atoms with Crippen molar-refractivity contribution in [3.63, 3.8) is 0 Å². The highest BCUT2D eigenvalue weighted by molar-refractivity contribution is 5.97. The van der Waals surface area contributed by atoms with Crippen LogP contribution in [0.15, 0.2) is 42.7 Å². The number of rotatable bonds is 2. The fourth-order valence-electron chi connectivity index (χ4n) is 4.46. The lowest BCUT2D eigenvalue weighted by molar-refractivity contribution is -0.193. The molecule has 2 N–H and O–H groups in total. The van der Waals surface area contributed by atoms with Crippen LogP contribution < -0.4 is 4.90 Å². The molecule has 0 saturated carbocycles. The Morgan fingerprint density at radius 2 is 1.45 bits per heavy atom. The Morgan fingerprint density at radius 1 is 0.929 bits per heavy atom. The lowest BCUT2D eigenvalue weighted by Gasteiger charge is -2.46. The van der Waals surface area contributed by atoms with E-state index in [1.807, 2.05) is 55.0 Å². The molecular weight excluding hydrogens is 578 g/mol. The van der Waals surface area contributed by atoms with Crippen LogP contribution >= 0.6 is 0 Å². The van der Waals surface area contributed by atoms with Crippen LogP contribution in [-0.2, 0) is 14.4 Å². The molecule has 42 heavy (non-hydrogen) atoms. The second kappa shape index (κ2) is 13.2. The van der Waals surface area contributed by atoms with Crippen molar-refractivity contribution in [2.75, 3.05) is 38.1 Å². The number of carbonyl (C=O) groups excluding carboxylic acids is 2. The molecular formula is C26H28F6N4O6. The largest absolute Gasteiger partial charge is 0.490 e. The number of piperazine rings is 1. The number of nitrogens with zero attached hydrogens (tertiary/aromatic N) is 4. The van der Waals surface area contributed by atoms with Gasteiger partial charge in [0.2, 0.25) is 5.91 Å². The van der Waals surface area contributed by atoms with Gasteiger partial charge >= 0.3 is 24.3 Å². The van der Waals surface area contributed by atoms with Gasteiger partial charge in [0.1, 0.15) is 0 Å². The van der Waals surface area contributed by atoms with Gasteiger partial charge in [0.05, 0.1) is 24.0 Å². The van der Waals surface area contributed by atoms with Gasteiger partial charge in [0.15, 0.2) is 0 Å². The number of halogens is 6. The van der Waals surface area contributed by atoms with E-state index in [9.17, 15) is 35.9 Å². The maximum Gasteiger partial charge on any atom is 0.490 e. The minimum Gasteiger partial charge on any atom is -0.475 e. The van der Waals surface area contributed by atoms with E-state index in [2.05, 4.69) is 16.0 Å². The summed E-state index contributed by atoms with van der Waals surface area (Å²) in [4.78, 5) is 53.6. The van der Waals surface area contributed by atoms with Crippen molar-refractivity contribution in [3.8, 4) is 0 Å². The Morgan fingerprint density at radius 3 is 1.90 bits per heavy atom. The minimum atomic E-state index is -5.08. The zero-order valence-electron chi connectivity index (χ0n) is 22.7. The van der Waals surface area contributed by atoms with Crippen molar-refractivity contribution in [1.82, 2.24) is 14.8 Å². The SMILES string of the molecule is Cc1cc(C)cc(C(=O)N2CCC3(C2)CN(c2cccnc2)C(=O)CN3C)c1.O=C(O)C(F)(F)F.O=C(O)C(F)(F)F. The van der Waals surface area contributed by atoms with E-state index in [1.165, 1.54) is 0 Å². The standard InChI is InChI=1S/C22H26N4O2.2C2HF3O2/c1-16-9-17(2)11-18(10-16)21(28)25-8-6-22(14-25)15-26(20(27)13-24(22)3)19-5-4-7-23-12-19;2*3-2(4,5)1(6)7/h4-5,7,9-12H,6,8,13-15H2,1-3H3;2*(H,6,7). The average molecular weight is 607 g/mol. The highest BCUT2D eigenvalue weighted by Gasteiger charge is 2.49. The maximum absolute atomic E-state index is 13.1. The molecule has 1 spiro atoms. The molecule has 2 aliphatic heterocycles. The van der Waals surface area contributed by atoms with E-state index < -0.39 is 24.3 Å². The molecule has 2 aliphatic rings. The third kappa shape index (κ3) is 8.89. The molecule has 0 aliphatic carbocycles. The van der Waals surface area contributed by atoms with E-state index >= 15 is 0 Å². The van der Waals surface area contributed by atoms with Gasteiger partial charge in [-0.1, -0.05) is 17.2 Å². The van der Waals surface area contributed by atoms with Crippen molar-refractivity contribution >= 4 is 29.4 Å². The first-order valence-corrected chi connectivity index (χ1v) is 12.2. The summed E-state index contributed by atoms with van der Waals surface area (Å²) in [7, 11) is 1.99. The molecule has 230 valence electrons. The summed E-state index contributed by atoms with van der Waals surface area (Å²) in [5.41, 5.74) is 3.53. The van der Waals surface area contributed by atoms with Crippen molar-refractivity contribution < 1.29 is 55.7 Å². The summed E-state index contributed by atoms with van der Waals surface area (Å²) in [6.07, 6.45) is -5.88. The number of benzene rings is 1. The van der Waals surface area contributed by atoms with Crippen LogP contribution in [0.1, 0.15) is 27.9 Å². The summed E-state index contributed by atoms with van der Waals surface area (Å²) in [6, 6.07) is 9.75. The van der Waals surface area contributed by atoms with Crippen molar-refractivity contribution in [2.45, 2.75) is 38.2 Å². The van der Waals surface area contributed by atoms with Gasteiger partial charge in [-0.15, -0.1) is 0 Å². The third-order valence-corrected chi connectivity index (χ3v) is 6.47. The minimum absolute atomic E-state index is 0.0696. The number of carboxylic acid groups (broad SMARTS) is 2. The smallest absolute Gasteiger partial charge is 0.475 e. The van der Waals surface area contributed by atoms with E-state index in [0.717, 1.165) is 28.8 Å². The van der Waals surface area contributed by atoms with Crippen LogP contribution in [0.3, 0.4) is 0 Å². The Balaban J connectivity index is 0.000000367. The highest BCUT2D eigenvalue weighted by Crippen LogP contribution is 2.34. The molecule has 1 aromatic heterocycles. The lowest BCUT2D eigenvalue weighted by atomic mass is 9.92. The number of aromatic nitrogens is 1. The second-order valence-corrected chi connectivity index (χ2v) is 9.73. The summed E-state index contributed by atoms with van der Waals surface area (Å²) in [5, 5.41) is 14.2. The molecule has 16 heteroatoms. The van der Waals surface area contributed by atoms with E-state index in [0.29, 0.717) is 26.2 Å². The monoisotopic (exact) mass is 606 g/mol. The first kappa shape index (κ1) is 34.0. The number of hydrogen-bond donors (Lipinski definition) is 2. The van der Waals surface area contributed by atoms with Gasteiger partial charge < -0.3 is 20.0 Å². The number of amides is 2. The van der Waals surface area contributed by atoms with Crippen LogP contribution in [0.5, 0.6) is 0 Å². The summed E-state index contributed by atoms with van der Waals surface area (Å²) in [6.45, 7) is 6.28. The molecule has 2 aromatic rings. The number of anilines is 1. The predicted octanol–water partition coefficient (Wildman–Crippen LogP) is 3.53. The Hall–Kier alpha value is -4.21. The van der Waals surface area contributed by atoms with Crippen LogP contribution in [0.2, 0.25) is 0 Å². The van der Waals surface area contributed by atoms with Crippen LogP contribution in [-0.4, -0.2) is 99.9 Å². The number of likely N-dealkylation sites (tertiary alicyclic amines) is 1. The normalized spacial score (nSPS) is 19.0. The van der Waals surface area contributed by atoms with Gasteiger partial charge in [0.25, 0.3) is 5.91 Å². The van der Waals surface area contributed by atoms with Gasteiger partial charge in [-0.25, -0.2) is 9.59 Å². The predicted molar refractivity (Wildman–Crippen MR) is 136 cm³/mol. The quantitative estimate of drug-likeness (QED) is 0.497. The molecule has 3 heterocycles. The summed E-state index contributed by atoms with van der Waals surface area (Å²) >= 11 is 0. The van der Waals surface area contributed by atoms with Gasteiger partial charge in [0, 0.05) is 31.4 Å². The zero-order chi connectivity index (χ0) is 32.0. The molecule has 2 amide bonds. The fraction of sp³-hybridized carbons (Fsp3) is 0.423. The number of likely N-dealkylation sites (N-methyl/N-ethyl adjacent to an activating group) is 1. The van der Waals surface area contributed by atoms with E-state index in [4.69, 9.17) is 19.8 Å². The molecule has 1 unspecified atom stereocenters. The number of carbonyl (C=O) groups is 4. The van der Waals surface area contributed by atoms with Crippen LogP contribution in [0.25, 0.3) is 0 Å². The lowest BCUT2D eigenvalue weighted by Crippen LogP contribution is -2.64. The van der Waals surface area contributed by atoms with Crippen LogP contribution in [0, 0.1) is 13.8 Å². The van der Waals surface area contributed by atoms with Gasteiger partial charge in [-0.05, 0) is 51.6 Å². The third-order valence-electron chi connectivity index (χ3n) is 6.47. The average Bonchev–Trinajstić information content (AvgIpc) is 3.30. The second-order valence-electron chi connectivity index (χ2n) is 9.73. The maximum atomic E-state index is 13.1. The molecule has 1 atom stereocenters. The highest BCUT2D eigenvalue weighted by atomic mass is 19.4. The zero-order valence-corrected chi connectivity index (χ0v) is 22.7. The van der Waals surface area contributed by atoms with Crippen molar-refractivity contribution in [2.24, 2.45) is 0 Å². The number of aliphatic carboxylic acids is 2. The Labute approximate surface area is 236 Å². The first-order valence-electron chi connectivity index (χ1n) is 12.2. The van der Waals surface area contributed by atoms with Gasteiger partial charge in [-0.2, -0.15) is 26.3 Å². The number of carboxylic acids is 2. The Bertz CT molecular complexity index is 1260. The topological polar surface area (TPSA) is 131 Å². The molecule has 0 radical (unpaired) electrons. The number of hydrogen-bond acceptors (Lipinski definition) is 6. The molecule has 2 saturated heterocycles. The van der Waals surface area contributed by atoms with Crippen molar-refractivity contribution in [3.05, 3.63) is 59.4 Å². The van der Waals surface area contributed by atoms with E-state index in [-0.39, 0.29) is 17.4 Å². The molecule has 10 nitrogen and oxygen atoms in total. The Kier molecular flexibility index (Phi) is 10.7. The number of aryl methyl sites for hydroxylation is 2. The summed E-state index contributed by atoms with van der Waals surface area (Å²) in [5.74, 6) is -5.37. The van der Waals surface area contributed by atoms with Gasteiger partial charge in [-0.3, -0.25) is 19.5 Å². The fourth-order valence-corrected chi connectivity index (χ4v) is 4.46. The molecule has 2 fully saturated rings. The number of pyridine rings is 1. The molecule has 1 aromatic carbocycles. The first-order chi connectivity index (χ1) is 19.3. The summed E-state index contributed by atoms with van der Waals surface area (Å²) < 4.78 is 63.5. The van der Waals surface area contributed by atoms with Crippen LogP contribution in [0.4, 0.5) is 32.0 Å². The molecule has 0 bridgehead atoms.